The van der Waals surface area contributed by atoms with Crippen LogP contribution in [0.25, 0.3) is 0 Å². The number of hydrogen-bond donors (Lipinski definition) is 1. The predicted molar refractivity (Wildman–Crippen MR) is 103 cm³/mol. The molecule has 7 heteroatoms. The molecular weight excluding hydrogens is 350 g/mol. The first kappa shape index (κ1) is 20.9. The van der Waals surface area contributed by atoms with E-state index in [-0.39, 0.29) is 17.3 Å². The van der Waals surface area contributed by atoms with Crippen LogP contribution in [0.3, 0.4) is 0 Å². The third-order valence-corrected chi connectivity index (χ3v) is 6.76. The van der Waals surface area contributed by atoms with Gasteiger partial charge < -0.3 is 10.2 Å². The highest BCUT2D eigenvalue weighted by Gasteiger charge is 2.22. The molecule has 1 heterocycles. The van der Waals surface area contributed by atoms with E-state index in [4.69, 9.17) is 0 Å². The fourth-order valence-corrected chi connectivity index (χ4v) is 4.18. The molecule has 1 N–H and O–H groups in total. The molecule has 6 nitrogen and oxygen atoms in total. The molecule has 0 saturated carbocycles. The number of likely N-dealkylation sites (N-methyl/N-ethyl adjacent to an activating group) is 1. The van der Waals surface area contributed by atoms with Crippen LogP contribution in [-0.4, -0.2) is 63.3 Å². The molecule has 1 aliphatic heterocycles. The second kappa shape index (κ2) is 9.48. The molecule has 1 aromatic carbocycles. The second-order valence-corrected chi connectivity index (χ2v) is 9.35. The van der Waals surface area contributed by atoms with E-state index in [0.29, 0.717) is 6.54 Å². The molecular formula is C19H31N3O3S. The maximum absolute atomic E-state index is 12.5. The van der Waals surface area contributed by atoms with Crippen molar-refractivity contribution >= 4 is 15.9 Å². The van der Waals surface area contributed by atoms with Gasteiger partial charge in [-0.15, -0.1) is 0 Å². The summed E-state index contributed by atoms with van der Waals surface area (Å²) in [5, 5.41) is 2.82. The topological polar surface area (TPSA) is 69.7 Å². The standard InChI is InChI=1S/C19H31N3O3S/c1-16-5-7-18(8-6-16)26(24,25)21(3)15-19(23)20-11-4-12-22-13-9-17(2)10-14-22/h5-8,17H,4,9-15H2,1-3H3,(H,20,23). The largest absolute Gasteiger partial charge is 0.355 e. The van der Waals surface area contributed by atoms with Gasteiger partial charge in [-0.05, 0) is 63.9 Å². The smallest absolute Gasteiger partial charge is 0.243 e. The zero-order chi connectivity index (χ0) is 19.2. The molecule has 2 rings (SSSR count). The highest BCUT2D eigenvalue weighted by molar-refractivity contribution is 7.89. The number of nitrogens with one attached hydrogen (secondary N) is 1. The van der Waals surface area contributed by atoms with Gasteiger partial charge in [0.15, 0.2) is 0 Å². The van der Waals surface area contributed by atoms with E-state index in [1.807, 2.05) is 6.92 Å². The lowest BCUT2D eigenvalue weighted by Gasteiger charge is -2.30. The molecule has 0 aliphatic carbocycles. The summed E-state index contributed by atoms with van der Waals surface area (Å²) in [5.41, 5.74) is 0.993. The van der Waals surface area contributed by atoms with Crippen LogP contribution in [0.5, 0.6) is 0 Å². The fraction of sp³-hybridized carbons (Fsp3) is 0.632. The SMILES string of the molecule is Cc1ccc(S(=O)(=O)N(C)CC(=O)NCCCN2CCC(C)CC2)cc1. The van der Waals surface area contributed by atoms with E-state index < -0.39 is 10.0 Å². The maximum atomic E-state index is 12.5. The number of rotatable bonds is 8. The van der Waals surface area contributed by atoms with E-state index in [9.17, 15) is 13.2 Å². The van der Waals surface area contributed by atoms with Gasteiger partial charge >= 0.3 is 0 Å². The van der Waals surface area contributed by atoms with Crippen LogP contribution in [0.1, 0.15) is 31.7 Å². The third-order valence-electron chi connectivity index (χ3n) is 4.94. The van der Waals surface area contributed by atoms with Gasteiger partial charge in [-0.25, -0.2) is 8.42 Å². The minimum absolute atomic E-state index is 0.169. The maximum Gasteiger partial charge on any atom is 0.243 e. The number of carbonyl (C=O) groups is 1. The van der Waals surface area contributed by atoms with Gasteiger partial charge in [0.2, 0.25) is 15.9 Å². The number of amides is 1. The summed E-state index contributed by atoms with van der Waals surface area (Å²) < 4.78 is 26.1. The van der Waals surface area contributed by atoms with Crippen LogP contribution < -0.4 is 5.32 Å². The Morgan fingerprint density at radius 3 is 2.46 bits per heavy atom. The normalized spacial score (nSPS) is 16.8. The Morgan fingerprint density at radius 1 is 1.23 bits per heavy atom. The van der Waals surface area contributed by atoms with Crippen molar-refractivity contribution in [3.63, 3.8) is 0 Å². The van der Waals surface area contributed by atoms with Crippen molar-refractivity contribution in [3.05, 3.63) is 29.8 Å². The Kier molecular flexibility index (Phi) is 7.61. The molecule has 1 aromatic rings. The molecule has 26 heavy (non-hydrogen) atoms. The molecule has 1 aliphatic rings. The monoisotopic (exact) mass is 381 g/mol. The van der Waals surface area contributed by atoms with Crippen LogP contribution >= 0.6 is 0 Å². The van der Waals surface area contributed by atoms with Crippen LogP contribution in [0, 0.1) is 12.8 Å². The number of piperidine rings is 1. The molecule has 146 valence electrons. The van der Waals surface area contributed by atoms with Crippen molar-refractivity contribution in [1.82, 2.24) is 14.5 Å². The average Bonchev–Trinajstić information content (AvgIpc) is 2.60. The Labute approximate surface area is 157 Å². The van der Waals surface area contributed by atoms with E-state index in [1.54, 1.807) is 24.3 Å². The summed E-state index contributed by atoms with van der Waals surface area (Å²) in [6.45, 7) is 7.83. The Bertz CT molecular complexity index is 680. The first-order valence-electron chi connectivity index (χ1n) is 9.31. The first-order chi connectivity index (χ1) is 12.3. The number of sulfonamides is 1. The zero-order valence-electron chi connectivity index (χ0n) is 16.1. The Balaban J connectivity index is 1.72. The molecule has 0 unspecified atom stereocenters. The van der Waals surface area contributed by atoms with Crippen LogP contribution in [0.4, 0.5) is 0 Å². The molecule has 0 bridgehead atoms. The number of benzene rings is 1. The van der Waals surface area contributed by atoms with Crippen LogP contribution in [0.2, 0.25) is 0 Å². The highest BCUT2D eigenvalue weighted by Crippen LogP contribution is 2.16. The lowest BCUT2D eigenvalue weighted by molar-refractivity contribution is -0.121. The number of likely N-dealkylation sites (tertiary alicyclic amines) is 1. The van der Waals surface area contributed by atoms with Crippen molar-refractivity contribution in [2.24, 2.45) is 5.92 Å². The fourth-order valence-electron chi connectivity index (χ4n) is 3.05. The number of nitrogens with zero attached hydrogens (tertiary/aromatic N) is 2. The summed E-state index contributed by atoms with van der Waals surface area (Å²) >= 11 is 0. The van der Waals surface area contributed by atoms with Gasteiger partial charge in [0.25, 0.3) is 0 Å². The van der Waals surface area contributed by atoms with E-state index in [0.717, 1.165) is 41.8 Å². The van der Waals surface area contributed by atoms with Gasteiger partial charge in [-0.2, -0.15) is 4.31 Å². The summed E-state index contributed by atoms with van der Waals surface area (Å²) in [7, 11) is -2.21. The van der Waals surface area contributed by atoms with E-state index >= 15 is 0 Å². The zero-order valence-corrected chi connectivity index (χ0v) is 16.9. The van der Waals surface area contributed by atoms with Gasteiger partial charge in [-0.1, -0.05) is 24.6 Å². The van der Waals surface area contributed by atoms with Crippen molar-refractivity contribution in [3.8, 4) is 0 Å². The van der Waals surface area contributed by atoms with Crippen LogP contribution in [-0.2, 0) is 14.8 Å². The van der Waals surface area contributed by atoms with Crippen molar-refractivity contribution in [2.75, 3.05) is 39.8 Å². The van der Waals surface area contributed by atoms with E-state index in [1.165, 1.54) is 19.9 Å². The van der Waals surface area contributed by atoms with Crippen molar-refractivity contribution in [2.45, 2.75) is 38.0 Å². The molecule has 1 fully saturated rings. The van der Waals surface area contributed by atoms with Crippen LogP contribution in [0.15, 0.2) is 29.2 Å². The van der Waals surface area contributed by atoms with Gasteiger partial charge in [0, 0.05) is 13.6 Å². The summed E-state index contributed by atoms with van der Waals surface area (Å²) in [6.07, 6.45) is 3.37. The molecule has 0 spiro atoms. The minimum atomic E-state index is -3.64. The van der Waals surface area contributed by atoms with Crippen molar-refractivity contribution in [1.29, 1.82) is 0 Å². The van der Waals surface area contributed by atoms with E-state index in [2.05, 4.69) is 17.1 Å². The lowest BCUT2D eigenvalue weighted by Crippen LogP contribution is -2.39. The third kappa shape index (κ3) is 6.07. The molecule has 0 atom stereocenters. The summed E-state index contributed by atoms with van der Waals surface area (Å²) in [6, 6.07) is 6.64. The second-order valence-electron chi connectivity index (χ2n) is 7.30. The molecule has 0 radical (unpaired) electrons. The Morgan fingerprint density at radius 2 is 1.85 bits per heavy atom. The number of carbonyl (C=O) groups excluding carboxylic acids is 1. The summed E-state index contributed by atoms with van der Waals surface area (Å²) in [4.78, 5) is 14.7. The molecule has 1 saturated heterocycles. The number of hydrogen-bond acceptors (Lipinski definition) is 4. The molecule has 1 amide bonds. The quantitative estimate of drug-likeness (QED) is 0.698. The first-order valence-corrected chi connectivity index (χ1v) is 10.7. The number of aryl methyl sites for hydroxylation is 1. The highest BCUT2D eigenvalue weighted by atomic mass is 32.2. The van der Waals surface area contributed by atoms with Gasteiger partial charge in [0.1, 0.15) is 0 Å². The Hall–Kier alpha value is -1.44. The summed E-state index contributed by atoms with van der Waals surface area (Å²) in [5.74, 6) is 0.549. The van der Waals surface area contributed by atoms with Crippen molar-refractivity contribution < 1.29 is 13.2 Å². The minimum Gasteiger partial charge on any atom is -0.355 e. The molecule has 0 aromatic heterocycles. The van der Waals surface area contributed by atoms with Gasteiger partial charge in [0.05, 0.1) is 11.4 Å². The lowest BCUT2D eigenvalue weighted by atomic mass is 9.99. The average molecular weight is 382 g/mol. The predicted octanol–water partition coefficient (Wildman–Crippen LogP) is 1.85. The van der Waals surface area contributed by atoms with Gasteiger partial charge in [-0.3, -0.25) is 4.79 Å².